The topological polar surface area (TPSA) is 40.5 Å². The van der Waals surface area contributed by atoms with Gasteiger partial charge in [0, 0.05) is 9.50 Å². The molecule has 2 N–H and O–H groups in total. The summed E-state index contributed by atoms with van der Waals surface area (Å²) in [6, 6.07) is 7.49. The maximum absolute atomic E-state index is 7.00. The third-order valence-electron chi connectivity index (χ3n) is 0.804. The molecule has 1 rings (SSSR count). The lowest BCUT2D eigenvalue weighted by Crippen LogP contribution is -1.75. The Morgan fingerprint density at radius 2 is 1.55 bits per heavy atom. The minimum atomic E-state index is 0. The second-order valence-electron chi connectivity index (χ2n) is 1.55. The lowest BCUT2D eigenvalue weighted by atomic mass is 10.4. The van der Waals surface area contributed by atoms with Gasteiger partial charge >= 0.3 is 7.69 Å². The van der Waals surface area contributed by atoms with Crippen LogP contribution in [0.4, 0.5) is 0 Å². The van der Waals surface area contributed by atoms with Crippen molar-refractivity contribution < 1.29 is 10.0 Å². The molecule has 0 aromatic heterocycles. The molecule has 0 aliphatic rings. The quantitative estimate of drug-likeness (QED) is 0.672. The summed E-state index contributed by atoms with van der Waals surface area (Å²) in [5, 5.41) is 14.8. The molecule has 0 fully saturated rings. The Bertz CT molecular complexity index is 171. The van der Waals surface area contributed by atoms with Crippen molar-refractivity contribution in [3.05, 3.63) is 33.8 Å². The second kappa shape index (κ2) is 6.67. The van der Waals surface area contributed by atoms with E-state index in [2.05, 4.69) is 15.9 Å². The Morgan fingerprint density at radius 3 is 1.82 bits per heavy atom. The van der Waals surface area contributed by atoms with Crippen LogP contribution in [0.15, 0.2) is 28.7 Å². The Kier molecular flexibility index (Phi) is 6.66. The Balaban J connectivity index is 0.000000292. The highest BCUT2D eigenvalue weighted by atomic mass is 79.9. The maximum atomic E-state index is 7.00. The molecule has 0 saturated heterocycles. The molecule has 0 spiro atoms. The summed E-state index contributed by atoms with van der Waals surface area (Å²) in [5.74, 6) is 0. The summed E-state index contributed by atoms with van der Waals surface area (Å²) in [6.07, 6.45) is 0. The Hall–Kier alpha value is -0.0251. The SMILES string of the molecule is Clc1ccc(Br)cc1.O[B]O. The summed E-state index contributed by atoms with van der Waals surface area (Å²) in [5.41, 5.74) is 0. The van der Waals surface area contributed by atoms with Crippen molar-refractivity contribution >= 4 is 35.2 Å². The van der Waals surface area contributed by atoms with E-state index in [0.29, 0.717) is 0 Å². The molecule has 1 radical (unpaired) electrons. The number of rotatable bonds is 0. The molecule has 11 heavy (non-hydrogen) atoms. The van der Waals surface area contributed by atoms with E-state index in [9.17, 15) is 0 Å². The number of benzene rings is 1. The third-order valence-corrected chi connectivity index (χ3v) is 1.58. The predicted octanol–water partition coefficient (Wildman–Crippen LogP) is 1.61. The van der Waals surface area contributed by atoms with Gasteiger partial charge in [-0.1, -0.05) is 27.5 Å². The van der Waals surface area contributed by atoms with Crippen molar-refractivity contribution in [3.8, 4) is 0 Å². The van der Waals surface area contributed by atoms with Gasteiger partial charge in [0.1, 0.15) is 0 Å². The molecule has 0 aliphatic heterocycles. The molecule has 0 saturated carbocycles. The van der Waals surface area contributed by atoms with E-state index in [1.165, 1.54) is 0 Å². The molecule has 5 heteroatoms. The van der Waals surface area contributed by atoms with E-state index in [0.717, 1.165) is 9.50 Å². The van der Waals surface area contributed by atoms with Crippen molar-refractivity contribution in [3.63, 3.8) is 0 Å². The molecule has 0 heterocycles. The van der Waals surface area contributed by atoms with E-state index >= 15 is 0 Å². The lowest BCUT2D eigenvalue weighted by molar-refractivity contribution is 0.448. The van der Waals surface area contributed by atoms with Gasteiger partial charge in [0.25, 0.3) is 0 Å². The van der Waals surface area contributed by atoms with E-state index in [-0.39, 0.29) is 7.69 Å². The minimum absolute atomic E-state index is 0. The first-order valence-electron chi connectivity index (χ1n) is 2.72. The summed E-state index contributed by atoms with van der Waals surface area (Å²) in [7, 11) is 0. The standard InChI is InChI=1S/C6H4BrCl.BH2O2/c7-5-1-3-6(8)4-2-5;2-1-3/h1-4H;2-3H. The van der Waals surface area contributed by atoms with Crippen LogP contribution in [0.2, 0.25) is 5.02 Å². The first-order chi connectivity index (χ1) is 5.20. The van der Waals surface area contributed by atoms with Crippen LogP contribution in [0.1, 0.15) is 0 Å². The van der Waals surface area contributed by atoms with Crippen LogP contribution in [-0.2, 0) is 0 Å². The summed E-state index contributed by atoms with van der Waals surface area (Å²) in [4.78, 5) is 0. The molecule has 1 aromatic rings. The summed E-state index contributed by atoms with van der Waals surface area (Å²) >= 11 is 8.88. The average molecular weight is 236 g/mol. The minimum Gasteiger partial charge on any atom is -0.429 e. The van der Waals surface area contributed by atoms with Crippen LogP contribution in [0.25, 0.3) is 0 Å². The zero-order valence-corrected chi connectivity index (χ0v) is 7.88. The fourth-order valence-corrected chi connectivity index (χ4v) is 0.820. The van der Waals surface area contributed by atoms with Crippen LogP contribution in [0, 0.1) is 0 Å². The van der Waals surface area contributed by atoms with Gasteiger partial charge in [0.05, 0.1) is 0 Å². The van der Waals surface area contributed by atoms with Crippen molar-refractivity contribution in [2.75, 3.05) is 0 Å². The molecular formula is C6H6BBrClO2. The first kappa shape index (κ1) is 11.0. The Morgan fingerprint density at radius 1 is 1.18 bits per heavy atom. The summed E-state index contributed by atoms with van der Waals surface area (Å²) < 4.78 is 1.06. The van der Waals surface area contributed by atoms with Gasteiger partial charge in [-0.05, 0) is 24.3 Å². The zero-order valence-electron chi connectivity index (χ0n) is 5.54. The molecule has 2 nitrogen and oxygen atoms in total. The van der Waals surface area contributed by atoms with E-state index < -0.39 is 0 Å². The van der Waals surface area contributed by atoms with Crippen molar-refractivity contribution in [1.29, 1.82) is 0 Å². The van der Waals surface area contributed by atoms with E-state index in [4.69, 9.17) is 21.6 Å². The van der Waals surface area contributed by atoms with Gasteiger partial charge in [-0.3, -0.25) is 0 Å². The lowest BCUT2D eigenvalue weighted by Gasteiger charge is -1.86. The molecule has 0 aliphatic carbocycles. The largest absolute Gasteiger partial charge is 0.482 e. The van der Waals surface area contributed by atoms with Crippen LogP contribution in [0.5, 0.6) is 0 Å². The zero-order chi connectivity index (χ0) is 8.69. The van der Waals surface area contributed by atoms with Crippen LogP contribution < -0.4 is 0 Å². The second-order valence-corrected chi connectivity index (χ2v) is 2.90. The average Bonchev–Trinajstić information content (AvgIpc) is 1.97. The van der Waals surface area contributed by atoms with Gasteiger partial charge in [0.15, 0.2) is 0 Å². The van der Waals surface area contributed by atoms with Crippen LogP contribution >= 0.6 is 27.5 Å². The van der Waals surface area contributed by atoms with Gasteiger partial charge in [0.2, 0.25) is 0 Å². The van der Waals surface area contributed by atoms with E-state index in [1.807, 2.05) is 24.3 Å². The van der Waals surface area contributed by atoms with Gasteiger partial charge in [-0.2, -0.15) is 0 Å². The monoisotopic (exact) mass is 235 g/mol. The van der Waals surface area contributed by atoms with Crippen LogP contribution in [0.3, 0.4) is 0 Å². The molecular weight excluding hydrogens is 230 g/mol. The van der Waals surface area contributed by atoms with Gasteiger partial charge < -0.3 is 10.0 Å². The smallest absolute Gasteiger partial charge is 0.429 e. The molecule has 0 atom stereocenters. The summed E-state index contributed by atoms with van der Waals surface area (Å²) in [6.45, 7) is 0. The highest BCUT2D eigenvalue weighted by Gasteiger charge is 1.83. The predicted molar refractivity (Wildman–Crippen MR) is 49.3 cm³/mol. The molecule has 0 bridgehead atoms. The fraction of sp³-hybridized carbons (Fsp3) is 0. The highest BCUT2D eigenvalue weighted by molar-refractivity contribution is 9.10. The van der Waals surface area contributed by atoms with Crippen LogP contribution in [-0.4, -0.2) is 17.7 Å². The van der Waals surface area contributed by atoms with Crippen molar-refractivity contribution in [2.24, 2.45) is 0 Å². The molecule has 1 aromatic carbocycles. The number of hydrogen-bond donors (Lipinski definition) is 2. The maximum Gasteiger partial charge on any atom is 0.482 e. The van der Waals surface area contributed by atoms with E-state index in [1.54, 1.807) is 0 Å². The first-order valence-corrected chi connectivity index (χ1v) is 3.89. The molecule has 59 valence electrons. The Labute approximate surface area is 79.3 Å². The number of hydrogen-bond acceptors (Lipinski definition) is 2. The van der Waals surface area contributed by atoms with Gasteiger partial charge in [-0.25, -0.2) is 0 Å². The highest BCUT2D eigenvalue weighted by Crippen LogP contribution is 2.13. The molecule has 0 unspecified atom stereocenters. The van der Waals surface area contributed by atoms with Gasteiger partial charge in [-0.15, -0.1) is 0 Å². The van der Waals surface area contributed by atoms with Crippen molar-refractivity contribution in [1.82, 2.24) is 0 Å². The normalized spacial score (nSPS) is 8.00. The third kappa shape index (κ3) is 6.38. The molecule has 0 amide bonds. The number of halogens is 2. The fourth-order valence-electron chi connectivity index (χ4n) is 0.430. The van der Waals surface area contributed by atoms with Crippen molar-refractivity contribution in [2.45, 2.75) is 0 Å².